The number of hydrogen-bond acceptors (Lipinski definition) is 3. The van der Waals surface area contributed by atoms with E-state index in [0.29, 0.717) is 30.7 Å². The molecule has 1 aromatic rings. The minimum atomic E-state index is -4.75. The zero-order valence-corrected chi connectivity index (χ0v) is 19.2. The Bertz CT molecular complexity index is 915. The maximum atomic E-state index is 13.1. The average Bonchev–Trinajstić information content (AvgIpc) is 2.70. The Morgan fingerprint density at radius 2 is 1.77 bits per heavy atom. The fourth-order valence-electron chi connectivity index (χ4n) is 4.48. The Labute approximate surface area is 186 Å². The van der Waals surface area contributed by atoms with E-state index >= 15 is 0 Å². The lowest BCUT2D eigenvalue weighted by molar-refractivity contribution is -0.137. The molecule has 1 aromatic carbocycles. The largest absolute Gasteiger partial charge is 0.417 e. The lowest BCUT2D eigenvalue weighted by Gasteiger charge is -2.36. The standard InChI is InChI=1S/C21H28ClF3N2O3S/c1-13-4-3-5-19(14(13)2)26-20(28)15-8-10-27(11-9-15)31(29,30)16-6-7-18(22)17(12-16)21(23,24)25/h6-7,12-15,19H,3-5,8-11H2,1-2H3,(H,26,28)/t13-,14+,19+/m1/s1. The second kappa shape index (κ2) is 9.27. The van der Waals surface area contributed by atoms with Crippen molar-refractivity contribution in [1.82, 2.24) is 9.62 Å². The lowest BCUT2D eigenvalue weighted by atomic mass is 9.78. The van der Waals surface area contributed by atoms with Gasteiger partial charge in [-0.15, -0.1) is 0 Å². The van der Waals surface area contributed by atoms with Gasteiger partial charge in [-0.25, -0.2) is 8.42 Å². The summed E-state index contributed by atoms with van der Waals surface area (Å²) in [6.07, 6.45) is -0.897. The summed E-state index contributed by atoms with van der Waals surface area (Å²) in [5.74, 6) is 0.582. The number of nitrogens with zero attached hydrogens (tertiary/aromatic N) is 1. The molecule has 2 fully saturated rings. The summed E-state index contributed by atoms with van der Waals surface area (Å²) in [5, 5.41) is 2.59. The predicted molar refractivity (Wildman–Crippen MR) is 112 cm³/mol. The van der Waals surface area contributed by atoms with E-state index in [0.717, 1.165) is 35.7 Å². The summed E-state index contributed by atoms with van der Waals surface area (Å²) in [6, 6.07) is 2.73. The number of piperidine rings is 1. The Balaban J connectivity index is 1.64. The molecule has 31 heavy (non-hydrogen) atoms. The van der Waals surface area contributed by atoms with E-state index in [1.165, 1.54) is 0 Å². The molecule has 1 saturated carbocycles. The molecular formula is C21H28ClF3N2O3S. The molecule has 1 heterocycles. The maximum Gasteiger partial charge on any atom is 0.417 e. The molecule has 2 aliphatic rings. The van der Waals surface area contributed by atoms with Crippen LogP contribution in [0.3, 0.4) is 0 Å². The van der Waals surface area contributed by atoms with Crippen LogP contribution in [0.1, 0.15) is 51.5 Å². The molecule has 10 heteroatoms. The Kier molecular flexibility index (Phi) is 7.28. The third-order valence-electron chi connectivity index (χ3n) is 6.74. The highest BCUT2D eigenvalue weighted by atomic mass is 35.5. The van der Waals surface area contributed by atoms with Crippen molar-refractivity contribution in [1.29, 1.82) is 0 Å². The van der Waals surface area contributed by atoms with E-state index in [1.807, 2.05) is 0 Å². The Morgan fingerprint density at radius 3 is 2.39 bits per heavy atom. The molecule has 1 amide bonds. The molecule has 5 nitrogen and oxygen atoms in total. The minimum Gasteiger partial charge on any atom is -0.353 e. The molecule has 0 unspecified atom stereocenters. The van der Waals surface area contributed by atoms with Gasteiger partial charge in [0, 0.05) is 25.0 Å². The first-order chi connectivity index (χ1) is 14.4. The lowest BCUT2D eigenvalue weighted by Crippen LogP contribution is -2.48. The van der Waals surface area contributed by atoms with Gasteiger partial charge < -0.3 is 5.32 Å². The molecular weight excluding hydrogens is 453 g/mol. The monoisotopic (exact) mass is 480 g/mol. The summed E-state index contributed by atoms with van der Waals surface area (Å²) in [4.78, 5) is 12.3. The van der Waals surface area contributed by atoms with Gasteiger partial charge in [-0.3, -0.25) is 4.79 Å². The number of carbonyl (C=O) groups is 1. The molecule has 0 spiro atoms. The number of sulfonamides is 1. The Morgan fingerprint density at radius 1 is 1.13 bits per heavy atom. The maximum absolute atomic E-state index is 13.1. The molecule has 0 aromatic heterocycles. The van der Waals surface area contributed by atoms with Crippen molar-refractivity contribution >= 4 is 27.5 Å². The molecule has 0 radical (unpaired) electrons. The first-order valence-corrected chi connectivity index (χ1v) is 12.4. The van der Waals surface area contributed by atoms with Gasteiger partial charge in [0.25, 0.3) is 0 Å². The van der Waals surface area contributed by atoms with Crippen LogP contribution in [-0.4, -0.2) is 37.8 Å². The van der Waals surface area contributed by atoms with Crippen LogP contribution >= 0.6 is 11.6 Å². The summed E-state index contributed by atoms with van der Waals surface area (Å²) >= 11 is 5.60. The molecule has 0 bridgehead atoms. The fraction of sp³-hybridized carbons (Fsp3) is 0.667. The van der Waals surface area contributed by atoms with Gasteiger partial charge in [-0.05, 0) is 49.3 Å². The number of halogens is 4. The molecule has 1 aliphatic carbocycles. The zero-order valence-electron chi connectivity index (χ0n) is 17.6. The van der Waals surface area contributed by atoms with E-state index in [4.69, 9.17) is 11.6 Å². The smallest absolute Gasteiger partial charge is 0.353 e. The summed E-state index contributed by atoms with van der Waals surface area (Å²) in [5.41, 5.74) is -1.18. The first-order valence-electron chi connectivity index (χ1n) is 10.6. The number of carbonyl (C=O) groups excluding carboxylic acids is 1. The second-order valence-electron chi connectivity index (χ2n) is 8.70. The second-order valence-corrected chi connectivity index (χ2v) is 11.0. The SMILES string of the molecule is C[C@H]1[C@H](C)CCC[C@@H]1NC(=O)C1CCN(S(=O)(=O)c2ccc(Cl)c(C(F)(F)F)c2)CC1. The number of alkyl halides is 3. The highest BCUT2D eigenvalue weighted by Gasteiger charge is 2.37. The highest BCUT2D eigenvalue weighted by molar-refractivity contribution is 7.89. The predicted octanol–water partition coefficient (Wildman–Crippen LogP) is 4.70. The number of rotatable bonds is 4. The van der Waals surface area contributed by atoms with Crippen molar-refractivity contribution in [3.63, 3.8) is 0 Å². The number of nitrogens with one attached hydrogen (secondary N) is 1. The molecule has 3 rings (SSSR count). The topological polar surface area (TPSA) is 66.5 Å². The summed E-state index contributed by atoms with van der Waals surface area (Å²) < 4.78 is 66.2. The van der Waals surface area contributed by atoms with E-state index in [1.54, 1.807) is 0 Å². The minimum absolute atomic E-state index is 0.0613. The quantitative estimate of drug-likeness (QED) is 0.679. The van der Waals surface area contributed by atoms with Crippen LogP contribution in [0.25, 0.3) is 0 Å². The number of benzene rings is 1. The van der Waals surface area contributed by atoms with E-state index < -0.39 is 31.7 Å². The van der Waals surface area contributed by atoms with E-state index in [9.17, 15) is 26.4 Å². The van der Waals surface area contributed by atoms with Gasteiger partial charge in [0.05, 0.1) is 15.5 Å². The number of hydrogen-bond donors (Lipinski definition) is 1. The van der Waals surface area contributed by atoms with Crippen molar-refractivity contribution in [3.05, 3.63) is 28.8 Å². The van der Waals surface area contributed by atoms with Crippen LogP contribution in [0.4, 0.5) is 13.2 Å². The van der Waals surface area contributed by atoms with Gasteiger partial charge in [0.2, 0.25) is 15.9 Å². The molecule has 1 aliphatic heterocycles. The zero-order chi connectivity index (χ0) is 23.0. The molecule has 1 N–H and O–H groups in total. The van der Waals surface area contributed by atoms with Gasteiger partial charge in [0.15, 0.2) is 0 Å². The summed E-state index contributed by atoms with van der Waals surface area (Å²) in [6.45, 7) is 4.50. The summed E-state index contributed by atoms with van der Waals surface area (Å²) in [7, 11) is -4.11. The van der Waals surface area contributed by atoms with Crippen molar-refractivity contribution in [2.24, 2.45) is 17.8 Å². The normalized spacial score (nSPS) is 26.6. The highest BCUT2D eigenvalue weighted by Crippen LogP contribution is 2.37. The molecule has 174 valence electrons. The fourth-order valence-corrected chi connectivity index (χ4v) is 6.20. The van der Waals surface area contributed by atoms with Crippen molar-refractivity contribution in [2.75, 3.05) is 13.1 Å². The van der Waals surface area contributed by atoms with Crippen LogP contribution in [0.2, 0.25) is 5.02 Å². The molecule has 1 saturated heterocycles. The van der Waals surface area contributed by atoms with E-state index in [2.05, 4.69) is 19.2 Å². The number of amides is 1. The van der Waals surface area contributed by atoms with Crippen molar-refractivity contribution in [2.45, 2.75) is 63.1 Å². The van der Waals surface area contributed by atoms with E-state index in [-0.39, 0.29) is 31.0 Å². The van der Waals surface area contributed by atoms with Crippen LogP contribution in [0.15, 0.2) is 23.1 Å². The Hall–Kier alpha value is -1.32. The van der Waals surface area contributed by atoms with Crippen LogP contribution in [-0.2, 0) is 21.0 Å². The van der Waals surface area contributed by atoms with Crippen LogP contribution < -0.4 is 5.32 Å². The van der Waals surface area contributed by atoms with Crippen molar-refractivity contribution < 1.29 is 26.4 Å². The van der Waals surface area contributed by atoms with Gasteiger partial charge in [0.1, 0.15) is 0 Å². The van der Waals surface area contributed by atoms with Crippen LogP contribution in [0, 0.1) is 17.8 Å². The van der Waals surface area contributed by atoms with Crippen molar-refractivity contribution in [3.8, 4) is 0 Å². The first kappa shape index (κ1) is 24.3. The third kappa shape index (κ3) is 5.37. The average molecular weight is 481 g/mol. The molecule has 3 atom stereocenters. The van der Waals surface area contributed by atoms with Crippen LogP contribution in [0.5, 0.6) is 0 Å². The van der Waals surface area contributed by atoms with Gasteiger partial charge in [-0.2, -0.15) is 17.5 Å². The van der Waals surface area contributed by atoms with Gasteiger partial charge in [-0.1, -0.05) is 38.3 Å². The van der Waals surface area contributed by atoms with Gasteiger partial charge >= 0.3 is 6.18 Å². The third-order valence-corrected chi connectivity index (χ3v) is 8.96.